The number of carbonyl (C=O) groups is 2. The minimum Gasteiger partial charge on any atom is -0.476 e. The van der Waals surface area contributed by atoms with Crippen LogP contribution < -0.4 is 4.74 Å². The molecule has 1 saturated carbocycles. The summed E-state index contributed by atoms with van der Waals surface area (Å²) >= 11 is 11.8. The molecule has 6 heteroatoms. The molecule has 0 aromatic heterocycles. The first kappa shape index (κ1) is 17.8. The van der Waals surface area contributed by atoms with Gasteiger partial charge in [0.05, 0.1) is 16.7 Å². The van der Waals surface area contributed by atoms with E-state index in [-0.39, 0.29) is 11.8 Å². The highest BCUT2D eigenvalue weighted by Gasteiger charge is 2.54. The van der Waals surface area contributed by atoms with Gasteiger partial charge in [-0.2, -0.15) is 0 Å². The van der Waals surface area contributed by atoms with Crippen molar-refractivity contribution >= 4 is 35.0 Å². The van der Waals surface area contributed by atoms with Gasteiger partial charge in [-0.25, -0.2) is 4.79 Å². The van der Waals surface area contributed by atoms with Gasteiger partial charge in [0.2, 0.25) is 5.60 Å². The van der Waals surface area contributed by atoms with Gasteiger partial charge in [-0.05, 0) is 49.4 Å². The van der Waals surface area contributed by atoms with Crippen LogP contribution in [0, 0.1) is 0 Å². The van der Waals surface area contributed by atoms with E-state index >= 15 is 0 Å². The maximum Gasteiger partial charge on any atom is 0.350 e. The Morgan fingerprint density at radius 3 is 2.20 bits per heavy atom. The average Bonchev–Trinajstić information content (AvgIpc) is 3.38. The lowest BCUT2D eigenvalue weighted by Crippen LogP contribution is -2.31. The van der Waals surface area contributed by atoms with Gasteiger partial charge in [0, 0.05) is 24.0 Å². The van der Waals surface area contributed by atoms with Crippen LogP contribution in [0.4, 0.5) is 0 Å². The van der Waals surface area contributed by atoms with Crippen molar-refractivity contribution in [2.24, 2.45) is 0 Å². The van der Waals surface area contributed by atoms with Crippen molar-refractivity contribution in [2.45, 2.75) is 25.4 Å². The van der Waals surface area contributed by atoms with Crippen molar-refractivity contribution in [2.75, 3.05) is 6.61 Å². The van der Waals surface area contributed by atoms with Crippen molar-refractivity contribution in [1.29, 1.82) is 0 Å². The van der Waals surface area contributed by atoms with E-state index in [1.165, 1.54) is 6.07 Å². The minimum absolute atomic E-state index is 0.170. The van der Waals surface area contributed by atoms with Crippen LogP contribution in [0.25, 0.3) is 0 Å². The maximum absolute atomic E-state index is 12.5. The number of hydrogen-bond acceptors (Lipinski definition) is 4. The number of ether oxygens (including phenoxy) is 2. The summed E-state index contributed by atoms with van der Waals surface area (Å²) in [6, 6.07) is 11.4. The first-order chi connectivity index (χ1) is 11.9. The molecule has 1 aliphatic rings. The molecular formula is C19H16Cl2O4. The van der Waals surface area contributed by atoms with Gasteiger partial charge in [0.15, 0.2) is 5.78 Å². The first-order valence-electron chi connectivity index (χ1n) is 7.91. The summed E-state index contributed by atoms with van der Waals surface area (Å²) in [5.41, 5.74) is 0.0746. The van der Waals surface area contributed by atoms with Crippen molar-refractivity contribution < 1.29 is 19.1 Å². The van der Waals surface area contributed by atoms with Crippen molar-refractivity contribution in [1.82, 2.24) is 0 Å². The van der Waals surface area contributed by atoms with E-state index in [1.807, 2.05) is 0 Å². The van der Waals surface area contributed by atoms with Crippen LogP contribution >= 0.6 is 23.2 Å². The van der Waals surface area contributed by atoms with Crippen molar-refractivity contribution in [3.05, 3.63) is 63.6 Å². The van der Waals surface area contributed by atoms with E-state index in [1.54, 1.807) is 43.3 Å². The van der Waals surface area contributed by atoms with Gasteiger partial charge in [-0.1, -0.05) is 23.2 Å². The third-order valence-electron chi connectivity index (χ3n) is 3.96. The fourth-order valence-electron chi connectivity index (χ4n) is 2.43. The number of rotatable bonds is 6. The average molecular weight is 379 g/mol. The van der Waals surface area contributed by atoms with Crippen LogP contribution in [0.5, 0.6) is 5.75 Å². The first-order valence-corrected chi connectivity index (χ1v) is 8.67. The quantitative estimate of drug-likeness (QED) is 0.539. The lowest BCUT2D eigenvalue weighted by molar-refractivity contribution is -0.153. The molecule has 0 unspecified atom stereocenters. The van der Waals surface area contributed by atoms with Crippen LogP contribution in [0.3, 0.4) is 0 Å². The Morgan fingerprint density at radius 2 is 1.64 bits per heavy atom. The molecule has 1 aliphatic carbocycles. The molecule has 0 amide bonds. The van der Waals surface area contributed by atoms with E-state index in [0.29, 0.717) is 46.4 Å². The molecule has 25 heavy (non-hydrogen) atoms. The van der Waals surface area contributed by atoms with E-state index in [4.69, 9.17) is 32.7 Å². The molecular weight excluding hydrogens is 363 g/mol. The Hall–Kier alpha value is -2.04. The summed E-state index contributed by atoms with van der Waals surface area (Å²) < 4.78 is 10.8. The zero-order valence-corrected chi connectivity index (χ0v) is 15.1. The Morgan fingerprint density at radius 1 is 1.00 bits per heavy atom. The standard InChI is InChI=1S/C19H16Cl2O4/c1-2-24-18(23)19(9-10-19)25-14-6-3-12(4-7-14)17(22)13-5-8-15(20)16(21)11-13/h3-8,11H,2,9-10H2,1H3. The molecule has 0 aliphatic heterocycles. The summed E-state index contributed by atoms with van der Waals surface area (Å²) in [6.07, 6.45) is 1.27. The predicted molar refractivity (Wildman–Crippen MR) is 95.6 cm³/mol. The van der Waals surface area contributed by atoms with Gasteiger partial charge in [0.25, 0.3) is 0 Å². The van der Waals surface area contributed by atoms with Crippen LogP contribution in [-0.2, 0) is 9.53 Å². The molecule has 0 N–H and O–H groups in total. The molecule has 3 rings (SSSR count). The zero-order chi connectivity index (χ0) is 18.0. The minimum atomic E-state index is -0.870. The number of ketones is 1. The molecule has 0 bridgehead atoms. The lowest BCUT2D eigenvalue weighted by Gasteiger charge is -2.16. The molecule has 2 aromatic carbocycles. The fourth-order valence-corrected chi connectivity index (χ4v) is 2.73. The highest BCUT2D eigenvalue weighted by atomic mass is 35.5. The smallest absolute Gasteiger partial charge is 0.350 e. The number of halogens is 2. The lowest BCUT2D eigenvalue weighted by atomic mass is 10.0. The Labute approximate surface area is 155 Å². The van der Waals surface area contributed by atoms with Gasteiger partial charge in [-0.15, -0.1) is 0 Å². The van der Waals surface area contributed by atoms with Crippen LogP contribution in [0.1, 0.15) is 35.7 Å². The third kappa shape index (κ3) is 3.80. The second-order valence-corrected chi connectivity index (χ2v) is 6.61. The third-order valence-corrected chi connectivity index (χ3v) is 4.70. The number of carbonyl (C=O) groups excluding carboxylic acids is 2. The van der Waals surface area contributed by atoms with E-state index in [2.05, 4.69) is 0 Å². The monoisotopic (exact) mass is 378 g/mol. The zero-order valence-electron chi connectivity index (χ0n) is 13.6. The summed E-state index contributed by atoms with van der Waals surface area (Å²) in [4.78, 5) is 24.4. The summed E-state index contributed by atoms with van der Waals surface area (Å²) in [5.74, 6) is 0.0128. The molecule has 130 valence electrons. The van der Waals surface area contributed by atoms with Gasteiger partial charge in [0.1, 0.15) is 5.75 Å². The fraction of sp³-hybridized carbons (Fsp3) is 0.263. The Kier molecular flexibility index (Phi) is 5.02. The summed E-state index contributed by atoms with van der Waals surface area (Å²) in [7, 11) is 0. The molecule has 2 aromatic rings. The van der Waals surface area contributed by atoms with E-state index in [0.717, 1.165) is 0 Å². The highest BCUT2D eigenvalue weighted by Crippen LogP contribution is 2.41. The summed E-state index contributed by atoms with van der Waals surface area (Å²) in [5, 5.41) is 0.730. The van der Waals surface area contributed by atoms with E-state index < -0.39 is 5.60 Å². The van der Waals surface area contributed by atoms with Gasteiger partial charge in [-0.3, -0.25) is 4.79 Å². The molecule has 0 spiro atoms. The molecule has 0 radical (unpaired) electrons. The second kappa shape index (κ2) is 7.06. The predicted octanol–water partition coefficient (Wildman–Crippen LogP) is 4.70. The topological polar surface area (TPSA) is 52.6 Å². The molecule has 0 atom stereocenters. The Balaban J connectivity index is 1.73. The van der Waals surface area contributed by atoms with Crippen LogP contribution in [0.2, 0.25) is 10.0 Å². The number of hydrogen-bond donors (Lipinski definition) is 0. The maximum atomic E-state index is 12.5. The van der Waals surface area contributed by atoms with Crippen LogP contribution in [0.15, 0.2) is 42.5 Å². The van der Waals surface area contributed by atoms with Gasteiger partial charge < -0.3 is 9.47 Å². The normalized spacial score (nSPS) is 14.7. The number of benzene rings is 2. The van der Waals surface area contributed by atoms with Crippen molar-refractivity contribution in [3.63, 3.8) is 0 Å². The molecule has 0 saturated heterocycles. The van der Waals surface area contributed by atoms with Crippen molar-refractivity contribution in [3.8, 4) is 5.75 Å². The molecule has 1 fully saturated rings. The summed E-state index contributed by atoms with van der Waals surface area (Å²) in [6.45, 7) is 2.08. The SMILES string of the molecule is CCOC(=O)C1(Oc2ccc(C(=O)c3ccc(Cl)c(Cl)c3)cc2)CC1. The molecule has 0 heterocycles. The van der Waals surface area contributed by atoms with E-state index in [9.17, 15) is 9.59 Å². The Bertz CT molecular complexity index is 811. The molecule has 4 nitrogen and oxygen atoms in total. The van der Waals surface area contributed by atoms with Gasteiger partial charge >= 0.3 is 5.97 Å². The number of esters is 1. The van der Waals surface area contributed by atoms with Crippen LogP contribution in [-0.4, -0.2) is 24.0 Å². The second-order valence-electron chi connectivity index (χ2n) is 5.80. The highest BCUT2D eigenvalue weighted by molar-refractivity contribution is 6.42. The largest absolute Gasteiger partial charge is 0.476 e.